The molecule has 1 aromatic carbocycles. The van der Waals surface area contributed by atoms with E-state index >= 15 is 0 Å². The first kappa shape index (κ1) is 22.9. The molecule has 0 atom stereocenters. The highest BCUT2D eigenvalue weighted by molar-refractivity contribution is 7.11. The number of ether oxygens (including phenoxy) is 1. The van der Waals surface area contributed by atoms with Gasteiger partial charge in [0, 0.05) is 18.7 Å². The zero-order valence-electron chi connectivity index (χ0n) is 17.0. The Hall–Kier alpha value is -2.79. The predicted octanol–water partition coefficient (Wildman–Crippen LogP) is 3.61. The molecule has 0 unspecified atom stereocenters. The number of aromatic nitrogens is 1. The highest BCUT2D eigenvalue weighted by atomic mass is 32.1. The summed E-state index contributed by atoms with van der Waals surface area (Å²) in [6.07, 6.45) is 3.53. The Balaban J connectivity index is 1.59. The molecule has 2 heterocycles. The first-order valence-corrected chi connectivity index (χ1v) is 10.7. The predicted molar refractivity (Wildman–Crippen MR) is 112 cm³/mol. The molecule has 8 nitrogen and oxygen atoms in total. The maximum atomic E-state index is 14.0. The van der Waals surface area contributed by atoms with Crippen molar-refractivity contribution in [3.05, 3.63) is 40.5 Å². The average Bonchev–Trinajstić information content (AvgIpc) is 3.15. The number of anilines is 1. The molecule has 1 aliphatic rings. The van der Waals surface area contributed by atoms with E-state index in [4.69, 9.17) is 4.74 Å². The van der Waals surface area contributed by atoms with Gasteiger partial charge in [0.2, 0.25) is 5.88 Å². The van der Waals surface area contributed by atoms with Crippen LogP contribution in [-0.4, -0.2) is 52.6 Å². The number of aryl methyl sites for hydroxylation is 1. The van der Waals surface area contributed by atoms with E-state index in [0.717, 1.165) is 44.0 Å². The van der Waals surface area contributed by atoms with Crippen LogP contribution in [0.25, 0.3) is 0 Å². The summed E-state index contributed by atoms with van der Waals surface area (Å²) in [5.41, 5.74) is -0.263. The summed E-state index contributed by atoms with van der Waals surface area (Å²) in [4.78, 5) is 26.1. The van der Waals surface area contributed by atoms with E-state index in [9.17, 15) is 23.5 Å². The number of aromatic carboxylic acids is 1. The Morgan fingerprint density at radius 3 is 2.68 bits per heavy atom. The van der Waals surface area contributed by atoms with Crippen molar-refractivity contribution in [1.29, 1.82) is 0 Å². The van der Waals surface area contributed by atoms with E-state index < -0.39 is 30.2 Å². The van der Waals surface area contributed by atoms with Crippen LogP contribution in [0.1, 0.15) is 40.7 Å². The number of carbonyl (C=O) groups is 2. The van der Waals surface area contributed by atoms with Crippen molar-refractivity contribution in [2.45, 2.75) is 32.8 Å². The van der Waals surface area contributed by atoms with Crippen LogP contribution in [0.5, 0.6) is 5.88 Å². The molecule has 1 aliphatic heterocycles. The number of piperidine rings is 1. The lowest BCUT2D eigenvalue weighted by molar-refractivity contribution is 0.0693. The van der Waals surface area contributed by atoms with Gasteiger partial charge in [0.05, 0.1) is 0 Å². The van der Waals surface area contributed by atoms with Crippen molar-refractivity contribution in [2.75, 3.05) is 31.5 Å². The lowest BCUT2D eigenvalue weighted by atomic mass is 10.1. The van der Waals surface area contributed by atoms with Gasteiger partial charge in [0.15, 0.2) is 17.2 Å². The lowest BCUT2D eigenvalue weighted by Crippen LogP contribution is -2.39. The van der Waals surface area contributed by atoms with Gasteiger partial charge in [-0.05, 0) is 50.0 Å². The van der Waals surface area contributed by atoms with E-state index in [0.29, 0.717) is 6.54 Å². The summed E-state index contributed by atoms with van der Waals surface area (Å²) >= 11 is 0.733. The molecular weight excluding hydrogens is 430 g/mol. The summed E-state index contributed by atoms with van der Waals surface area (Å²) in [5, 5.41) is 14.7. The molecule has 2 aromatic rings. The smallest absolute Gasteiger partial charge is 0.344 e. The minimum atomic E-state index is -1.36. The van der Waals surface area contributed by atoms with Crippen molar-refractivity contribution >= 4 is 28.5 Å². The molecule has 0 radical (unpaired) electrons. The number of hydrogen-bond acceptors (Lipinski definition) is 6. The van der Waals surface area contributed by atoms with Crippen LogP contribution in [0.2, 0.25) is 0 Å². The number of carboxylic acids is 1. The van der Waals surface area contributed by atoms with Crippen molar-refractivity contribution < 1.29 is 28.2 Å². The number of likely N-dealkylation sites (tertiary alicyclic amines) is 1. The van der Waals surface area contributed by atoms with Crippen molar-refractivity contribution in [1.82, 2.24) is 14.6 Å². The van der Waals surface area contributed by atoms with Gasteiger partial charge < -0.3 is 20.1 Å². The number of halogens is 2. The second-order valence-electron chi connectivity index (χ2n) is 7.24. The van der Waals surface area contributed by atoms with E-state index in [1.165, 1.54) is 25.5 Å². The van der Waals surface area contributed by atoms with E-state index in [1.54, 1.807) is 0 Å². The van der Waals surface area contributed by atoms with Crippen molar-refractivity contribution in [3.63, 3.8) is 0 Å². The molecule has 3 rings (SSSR count). The number of nitrogens with one attached hydrogen (secondary N) is 2. The minimum absolute atomic E-state index is 0.00599. The number of nitrogens with zero attached hydrogens (tertiary/aromatic N) is 2. The van der Waals surface area contributed by atoms with E-state index in [1.807, 2.05) is 0 Å². The Labute approximate surface area is 182 Å². The molecule has 168 valence electrons. The number of hydrogen-bond donors (Lipinski definition) is 3. The molecule has 0 spiro atoms. The summed E-state index contributed by atoms with van der Waals surface area (Å²) in [6.45, 7) is 4.18. The third kappa shape index (κ3) is 5.88. The molecule has 0 saturated carbocycles. The molecule has 1 saturated heterocycles. The van der Waals surface area contributed by atoms with Crippen LogP contribution < -0.4 is 15.4 Å². The fraction of sp³-hybridized carbons (Fsp3) is 0.450. The molecule has 2 amide bonds. The Bertz CT molecular complexity index is 948. The maximum absolute atomic E-state index is 14.0. The first-order valence-electron chi connectivity index (χ1n) is 9.93. The number of carboxylic acid groups (broad SMARTS) is 1. The third-order valence-electron chi connectivity index (χ3n) is 4.98. The molecule has 0 bridgehead atoms. The fourth-order valence-electron chi connectivity index (χ4n) is 3.25. The van der Waals surface area contributed by atoms with Crippen LogP contribution in [0.15, 0.2) is 12.1 Å². The van der Waals surface area contributed by atoms with E-state index in [-0.39, 0.29) is 27.6 Å². The first-order chi connectivity index (χ1) is 14.9. The van der Waals surface area contributed by atoms with Crippen LogP contribution in [-0.2, 0) is 6.61 Å². The normalized spacial score (nSPS) is 14.3. The molecule has 1 aromatic heterocycles. The minimum Gasteiger partial charge on any atom is -0.477 e. The zero-order valence-corrected chi connectivity index (χ0v) is 17.9. The Morgan fingerprint density at radius 2 is 1.97 bits per heavy atom. The standard InChI is InChI=1S/C20H24F2N4O4S/c1-12-5-6-13(16(22)15(12)21)11-30-17-14(19(27)28)18(31-25-17)24-20(29)23-7-10-26-8-3-2-4-9-26/h5-6H,2-4,7-11H2,1H3,(H,27,28)(H2,23,24,29). The second-order valence-corrected chi connectivity index (χ2v) is 8.01. The summed E-state index contributed by atoms with van der Waals surface area (Å²) in [5.74, 6) is -3.68. The van der Waals surface area contributed by atoms with Gasteiger partial charge in [0.1, 0.15) is 11.6 Å². The van der Waals surface area contributed by atoms with Gasteiger partial charge in [-0.25, -0.2) is 18.4 Å². The van der Waals surface area contributed by atoms with Crippen LogP contribution in [0, 0.1) is 18.6 Å². The zero-order chi connectivity index (χ0) is 22.4. The molecule has 31 heavy (non-hydrogen) atoms. The van der Waals surface area contributed by atoms with Crippen LogP contribution in [0.4, 0.5) is 18.6 Å². The Morgan fingerprint density at radius 1 is 1.23 bits per heavy atom. The molecule has 1 fully saturated rings. The summed E-state index contributed by atoms with van der Waals surface area (Å²) in [6, 6.07) is 2.20. The molecule has 11 heteroatoms. The fourth-order valence-corrected chi connectivity index (χ4v) is 3.97. The van der Waals surface area contributed by atoms with Gasteiger partial charge in [-0.2, -0.15) is 4.37 Å². The summed E-state index contributed by atoms with van der Waals surface area (Å²) in [7, 11) is 0. The topological polar surface area (TPSA) is 104 Å². The van der Waals surface area contributed by atoms with Crippen molar-refractivity contribution in [2.24, 2.45) is 0 Å². The Kier molecular flexibility index (Phi) is 7.75. The largest absolute Gasteiger partial charge is 0.477 e. The SMILES string of the molecule is Cc1ccc(COc2nsc(NC(=O)NCCN3CCCCC3)c2C(=O)O)c(F)c1F. The number of carbonyl (C=O) groups excluding carboxylic acids is 1. The highest BCUT2D eigenvalue weighted by Gasteiger charge is 2.24. The van der Waals surface area contributed by atoms with Gasteiger partial charge in [-0.15, -0.1) is 0 Å². The number of urea groups is 1. The maximum Gasteiger partial charge on any atom is 0.344 e. The van der Waals surface area contributed by atoms with Crippen LogP contribution >= 0.6 is 11.5 Å². The molecule has 0 aliphatic carbocycles. The van der Waals surface area contributed by atoms with Crippen molar-refractivity contribution in [3.8, 4) is 5.88 Å². The van der Waals surface area contributed by atoms with Gasteiger partial charge in [0.25, 0.3) is 0 Å². The third-order valence-corrected chi connectivity index (χ3v) is 5.73. The summed E-state index contributed by atoms with van der Waals surface area (Å²) < 4.78 is 36.9. The number of benzene rings is 1. The number of amides is 2. The monoisotopic (exact) mass is 454 g/mol. The average molecular weight is 454 g/mol. The number of rotatable bonds is 8. The van der Waals surface area contributed by atoms with Crippen LogP contribution in [0.3, 0.4) is 0 Å². The molecule has 3 N–H and O–H groups in total. The van der Waals surface area contributed by atoms with E-state index in [2.05, 4.69) is 19.9 Å². The highest BCUT2D eigenvalue weighted by Crippen LogP contribution is 2.31. The second kappa shape index (κ2) is 10.5. The quantitative estimate of drug-likeness (QED) is 0.563. The van der Waals surface area contributed by atoms with Gasteiger partial charge in [-0.1, -0.05) is 18.6 Å². The van der Waals surface area contributed by atoms with Gasteiger partial charge in [-0.3, -0.25) is 5.32 Å². The lowest BCUT2D eigenvalue weighted by Gasteiger charge is -2.26. The molecular formula is C20H24F2N4O4S. The van der Waals surface area contributed by atoms with Gasteiger partial charge >= 0.3 is 12.0 Å².